The average molecular weight is 354 g/mol. The van der Waals surface area contributed by atoms with Crippen LogP contribution in [0.2, 0.25) is 0 Å². The van der Waals surface area contributed by atoms with Crippen LogP contribution in [0, 0.1) is 5.82 Å². The van der Waals surface area contributed by atoms with E-state index in [-0.39, 0.29) is 17.8 Å². The molecule has 5 heteroatoms. The van der Waals surface area contributed by atoms with Gasteiger partial charge in [0.05, 0.1) is 4.88 Å². The number of rotatable bonds is 3. The number of nitrogens with zero attached hydrogens (tertiary/aromatic N) is 1. The average Bonchev–Trinajstić information content (AvgIpc) is 3.05. The Morgan fingerprint density at radius 2 is 2.04 bits per heavy atom. The Morgan fingerprint density at radius 3 is 2.88 bits per heavy atom. The molecule has 0 radical (unpaired) electrons. The zero-order valence-corrected chi connectivity index (χ0v) is 14.6. The van der Waals surface area contributed by atoms with E-state index in [1.165, 1.54) is 12.1 Å². The van der Waals surface area contributed by atoms with Crippen molar-refractivity contribution >= 4 is 33.0 Å². The van der Waals surface area contributed by atoms with Gasteiger partial charge < -0.3 is 10.2 Å². The second kappa shape index (κ2) is 6.84. The van der Waals surface area contributed by atoms with E-state index < -0.39 is 0 Å². The number of carbonyl (C=O) groups is 1. The lowest BCUT2D eigenvalue weighted by Crippen LogP contribution is -2.44. The quantitative estimate of drug-likeness (QED) is 0.736. The highest BCUT2D eigenvalue weighted by molar-refractivity contribution is 7.20. The maximum Gasteiger partial charge on any atom is 0.264 e. The number of hydrogen-bond acceptors (Lipinski definition) is 3. The van der Waals surface area contributed by atoms with E-state index in [1.54, 1.807) is 17.4 Å². The second-order valence-electron chi connectivity index (χ2n) is 6.39. The van der Waals surface area contributed by atoms with Crippen LogP contribution in [0.1, 0.15) is 22.5 Å². The summed E-state index contributed by atoms with van der Waals surface area (Å²) in [5.41, 5.74) is 0.765. The summed E-state index contributed by atoms with van der Waals surface area (Å²) >= 11 is 1.54. The predicted octanol–water partition coefficient (Wildman–Crippen LogP) is 4.76. The van der Waals surface area contributed by atoms with Crippen LogP contribution in [0.25, 0.3) is 10.1 Å². The fourth-order valence-corrected chi connectivity index (χ4v) is 4.37. The lowest BCUT2D eigenvalue weighted by molar-refractivity contribution is 0.0720. The number of nitrogens with one attached hydrogen (secondary N) is 1. The molecule has 0 saturated carbocycles. The van der Waals surface area contributed by atoms with Crippen molar-refractivity contribution in [3.05, 3.63) is 65.3 Å². The molecule has 0 aliphatic carbocycles. The number of fused-ring (bicyclic) bond motifs is 1. The first-order chi connectivity index (χ1) is 12.2. The molecule has 0 bridgehead atoms. The highest BCUT2D eigenvalue weighted by atomic mass is 32.1. The molecular weight excluding hydrogens is 335 g/mol. The van der Waals surface area contributed by atoms with Crippen molar-refractivity contribution in [1.82, 2.24) is 4.90 Å². The summed E-state index contributed by atoms with van der Waals surface area (Å²) in [6.07, 6.45) is 1.93. The molecule has 1 N–H and O–H groups in total. The molecule has 1 amide bonds. The molecule has 0 spiro atoms. The number of hydrogen-bond donors (Lipinski definition) is 1. The Hall–Kier alpha value is -2.40. The summed E-state index contributed by atoms with van der Waals surface area (Å²) in [4.78, 5) is 15.6. The highest BCUT2D eigenvalue weighted by Gasteiger charge is 2.25. The molecule has 1 saturated heterocycles. The van der Waals surface area contributed by atoms with Gasteiger partial charge in [-0.15, -0.1) is 11.3 Å². The Kier molecular flexibility index (Phi) is 4.40. The minimum absolute atomic E-state index is 0.0898. The standard InChI is InChI=1S/C20H19FN2OS/c21-15-6-3-7-16(12-15)22-17-8-4-10-23(13-17)20(24)19-11-14-5-1-2-9-18(14)25-19/h1-3,5-7,9,11-12,17,22H,4,8,10,13H2/t17-/m1/s1. The summed E-state index contributed by atoms with van der Waals surface area (Å²) in [6.45, 7) is 1.41. The van der Waals surface area contributed by atoms with Gasteiger partial charge in [0, 0.05) is 29.5 Å². The fraction of sp³-hybridized carbons (Fsp3) is 0.250. The van der Waals surface area contributed by atoms with Crippen molar-refractivity contribution in [2.75, 3.05) is 18.4 Å². The van der Waals surface area contributed by atoms with Gasteiger partial charge in [-0.3, -0.25) is 4.79 Å². The normalized spacial score (nSPS) is 17.6. The molecule has 25 heavy (non-hydrogen) atoms. The van der Waals surface area contributed by atoms with E-state index >= 15 is 0 Å². The number of anilines is 1. The molecule has 0 unspecified atom stereocenters. The van der Waals surface area contributed by atoms with Crippen LogP contribution in [-0.4, -0.2) is 29.9 Å². The van der Waals surface area contributed by atoms with Gasteiger partial charge >= 0.3 is 0 Å². The highest BCUT2D eigenvalue weighted by Crippen LogP contribution is 2.27. The molecular formula is C20H19FN2OS. The van der Waals surface area contributed by atoms with Gasteiger partial charge in [0.15, 0.2) is 0 Å². The molecule has 3 nitrogen and oxygen atoms in total. The third kappa shape index (κ3) is 3.51. The van der Waals surface area contributed by atoms with Crippen molar-refractivity contribution < 1.29 is 9.18 Å². The number of benzene rings is 2. The molecule has 3 aromatic rings. The van der Waals surface area contributed by atoms with Crippen LogP contribution in [0.15, 0.2) is 54.6 Å². The fourth-order valence-electron chi connectivity index (χ4n) is 3.34. The monoisotopic (exact) mass is 354 g/mol. The van der Waals surface area contributed by atoms with Gasteiger partial charge in [0.25, 0.3) is 5.91 Å². The molecule has 128 valence electrons. The van der Waals surface area contributed by atoms with E-state index in [2.05, 4.69) is 5.32 Å². The van der Waals surface area contributed by atoms with Crippen LogP contribution in [0.3, 0.4) is 0 Å². The zero-order chi connectivity index (χ0) is 17.2. The first-order valence-electron chi connectivity index (χ1n) is 8.49. The lowest BCUT2D eigenvalue weighted by Gasteiger charge is -2.33. The Bertz CT molecular complexity index is 874. The van der Waals surface area contributed by atoms with Gasteiger partial charge in [0.2, 0.25) is 0 Å². The number of amides is 1. The summed E-state index contributed by atoms with van der Waals surface area (Å²) in [7, 11) is 0. The van der Waals surface area contributed by atoms with Gasteiger partial charge in [-0.2, -0.15) is 0 Å². The maximum atomic E-state index is 13.3. The topological polar surface area (TPSA) is 32.3 Å². The van der Waals surface area contributed by atoms with Crippen molar-refractivity contribution in [2.45, 2.75) is 18.9 Å². The van der Waals surface area contributed by atoms with Gasteiger partial charge in [-0.1, -0.05) is 24.3 Å². The summed E-state index contributed by atoms with van der Waals surface area (Å²) in [5.74, 6) is -0.161. The van der Waals surface area contributed by atoms with Crippen LogP contribution in [0.4, 0.5) is 10.1 Å². The molecule has 1 atom stereocenters. The molecule has 2 heterocycles. The number of halogens is 1. The van der Waals surface area contributed by atoms with Gasteiger partial charge in [0.1, 0.15) is 5.82 Å². The van der Waals surface area contributed by atoms with Gasteiger partial charge in [-0.05, 0) is 48.6 Å². The molecule has 4 rings (SSSR count). The van der Waals surface area contributed by atoms with E-state index in [0.717, 1.165) is 40.0 Å². The first-order valence-corrected chi connectivity index (χ1v) is 9.31. The minimum atomic E-state index is -0.251. The first kappa shape index (κ1) is 16.1. The third-order valence-electron chi connectivity index (χ3n) is 4.54. The molecule has 1 aromatic heterocycles. The number of thiophene rings is 1. The van der Waals surface area contributed by atoms with Crippen LogP contribution in [-0.2, 0) is 0 Å². The van der Waals surface area contributed by atoms with E-state index in [1.807, 2.05) is 41.3 Å². The zero-order valence-electron chi connectivity index (χ0n) is 13.7. The number of likely N-dealkylation sites (tertiary alicyclic amines) is 1. The van der Waals surface area contributed by atoms with Gasteiger partial charge in [-0.25, -0.2) is 4.39 Å². The SMILES string of the molecule is O=C(c1cc2ccccc2s1)N1CCC[C@@H](Nc2cccc(F)c2)C1. The van der Waals surface area contributed by atoms with E-state index in [4.69, 9.17) is 0 Å². The van der Waals surface area contributed by atoms with Crippen molar-refractivity contribution in [3.8, 4) is 0 Å². The smallest absolute Gasteiger partial charge is 0.264 e. The van der Waals surface area contributed by atoms with Crippen LogP contribution in [0.5, 0.6) is 0 Å². The summed E-state index contributed by atoms with van der Waals surface area (Å²) in [5, 5.41) is 4.47. The second-order valence-corrected chi connectivity index (χ2v) is 7.48. The Labute approximate surface area is 150 Å². The lowest BCUT2D eigenvalue weighted by atomic mass is 10.0. The maximum absolute atomic E-state index is 13.3. The van der Waals surface area contributed by atoms with Crippen molar-refractivity contribution in [1.29, 1.82) is 0 Å². The predicted molar refractivity (Wildman–Crippen MR) is 101 cm³/mol. The van der Waals surface area contributed by atoms with E-state index in [0.29, 0.717) is 6.54 Å². The number of piperidine rings is 1. The van der Waals surface area contributed by atoms with E-state index in [9.17, 15) is 9.18 Å². The van der Waals surface area contributed by atoms with Crippen molar-refractivity contribution in [2.24, 2.45) is 0 Å². The largest absolute Gasteiger partial charge is 0.380 e. The van der Waals surface area contributed by atoms with Crippen LogP contribution >= 0.6 is 11.3 Å². The Balaban J connectivity index is 1.47. The number of carbonyl (C=O) groups excluding carboxylic acids is 1. The molecule has 1 aliphatic rings. The third-order valence-corrected chi connectivity index (χ3v) is 5.64. The molecule has 1 fully saturated rings. The summed E-state index contributed by atoms with van der Waals surface area (Å²) in [6, 6.07) is 16.7. The van der Waals surface area contributed by atoms with Crippen molar-refractivity contribution in [3.63, 3.8) is 0 Å². The molecule has 2 aromatic carbocycles. The Morgan fingerprint density at radius 1 is 1.16 bits per heavy atom. The molecule has 1 aliphatic heterocycles. The minimum Gasteiger partial charge on any atom is -0.380 e. The van der Waals surface area contributed by atoms with Crippen LogP contribution < -0.4 is 5.32 Å². The summed E-state index contributed by atoms with van der Waals surface area (Å²) < 4.78 is 14.5.